The number of anilines is 1. The summed E-state index contributed by atoms with van der Waals surface area (Å²) in [6, 6.07) is 5.63. The highest BCUT2D eigenvalue weighted by Gasteiger charge is 2.23. The standard InChI is InChI=1S/C14H19N3O3/c1-9-7-16-11(8-15-9)14(18)17-10-2-3-12-13(6-10)20-5-4-19-12/h2-3,6,9,11,15-16H,4-5,7-8H2,1H3,(H,17,18). The van der Waals surface area contributed by atoms with Gasteiger partial charge in [0, 0.05) is 30.9 Å². The number of carbonyl (C=O) groups excluding carboxylic acids is 1. The van der Waals surface area contributed by atoms with Crippen molar-refractivity contribution in [2.75, 3.05) is 31.6 Å². The number of carbonyl (C=O) groups is 1. The topological polar surface area (TPSA) is 71.6 Å². The van der Waals surface area contributed by atoms with E-state index in [0.717, 1.165) is 18.0 Å². The molecule has 2 heterocycles. The zero-order valence-corrected chi connectivity index (χ0v) is 11.4. The zero-order valence-electron chi connectivity index (χ0n) is 11.4. The van der Waals surface area contributed by atoms with Crippen molar-refractivity contribution in [1.29, 1.82) is 0 Å². The molecule has 3 N–H and O–H groups in total. The summed E-state index contributed by atoms with van der Waals surface area (Å²) in [5.74, 6) is 1.36. The van der Waals surface area contributed by atoms with Crippen molar-refractivity contribution in [3.8, 4) is 11.5 Å². The van der Waals surface area contributed by atoms with Gasteiger partial charge in [-0.1, -0.05) is 0 Å². The van der Waals surface area contributed by atoms with E-state index < -0.39 is 0 Å². The maximum Gasteiger partial charge on any atom is 0.242 e. The summed E-state index contributed by atoms with van der Waals surface area (Å²) in [7, 11) is 0. The van der Waals surface area contributed by atoms with Crippen molar-refractivity contribution in [2.24, 2.45) is 0 Å². The molecule has 1 amide bonds. The maximum atomic E-state index is 12.2. The third kappa shape index (κ3) is 2.86. The number of piperazine rings is 1. The van der Waals surface area contributed by atoms with Crippen molar-refractivity contribution >= 4 is 11.6 Å². The Morgan fingerprint density at radius 3 is 2.75 bits per heavy atom. The molecule has 0 saturated carbocycles. The molecule has 6 nitrogen and oxygen atoms in total. The minimum atomic E-state index is -0.209. The number of amides is 1. The van der Waals surface area contributed by atoms with Crippen LogP contribution in [0.3, 0.4) is 0 Å². The lowest BCUT2D eigenvalue weighted by Crippen LogP contribution is -2.57. The van der Waals surface area contributed by atoms with Crippen LogP contribution in [-0.4, -0.2) is 44.3 Å². The van der Waals surface area contributed by atoms with Gasteiger partial charge in [0.1, 0.15) is 13.2 Å². The van der Waals surface area contributed by atoms with Gasteiger partial charge in [0.2, 0.25) is 5.91 Å². The molecule has 3 rings (SSSR count). The molecule has 0 spiro atoms. The Labute approximate surface area is 117 Å². The average Bonchev–Trinajstić information content (AvgIpc) is 2.48. The number of ether oxygens (including phenoxy) is 2. The van der Waals surface area contributed by atoms with E-state index in [0.29, 0.717) is 31.5 Å². The van der Waals surface area contributed by atoms with Gasteiger partial charge in [-0.05, 0) is 19.1 Å². The Balaban J connectivity index is 1.64. The summed E-state index contributed by atoms with van der Waals surface area (Å²) in [5, 5.41) is 9.40. The Kier molecular flexibility index (Phi) is 3.75. The van der Waals surface area contributed by atoms with Crippen LogP contribution in [0.4, 0.5) is 5.69 Å². The summed E-state index contributed by atoms with van der Waals surface area (Å²) in [6.45, 7) is 4.61. The molecule has 1 saturated heterocycles. The first-order valence-electron chi connectivity index (χ1n) is 6.89. The van der Waals surface area contributed by atoms with Crippen LogP contribution in [-0.2, 0) is 4.79 Å². The van der Waals surface area contributed by atoms with Gasteiger partial charge in [-0.3, -0.25) is 4.79 Å². The highest BCUT2D eigenvalue weighted by Crippen LogP contribution is 2.32. The third-order valence-electron chi connectivity index (χ3n) is 3.47. The van der Waals surface area contributed by atoms with Gasteiger partial charge in [-0.25, -0.2) is 0 Å². The molecule has 108 valence electrons. The van der Waals surface area contributed by atoms with Crippen LogP contribution < -0.4 is 25.4 Å². The molecule has 0 aliphatic carbocycles. The van der Waals surface area contributed by atoms with Crippen molar-refractivity contribution in [3.05, 3.63) is 18.2 Å². The van der Waals surface area contributed by atoms with E-state index in [2.05, 4.69) is 22.9 Å². The summed E-state index contributed by atoms with van der Waals surface area (Å²) < 4.78 is 11.0. The van der Waals surface area contributed by atoms with E-state index in [1.165, 1.54) is 0 Å². The highest BCUT2D eigenvalue weighted by molar-refractivity contribution is 5.95. The minimum absolute atomic E-state index is 0.0407. The largest absolute Gasteiger partial charge is 0.486 e. The molecule has 2 aliphatic heterocycles. The third-order valence-corrected chi connectivity index (χ3v) is 3.47. The van der Waals surface area contributed by atoms with Crippen LogP contribution in [0.15, 0.2) is 18.2 Å². The summed E-state index contributed by atoms with van der Waals surface area (Å²) >= 11 is 0. The zero-order chi connectivity index (χ0) is 13.9. The van der Waals surface area contributed by atoms with Crippen LogP contribution in [0, 0.1) is 0 Å². The SMILES string of the molecule is CC1CNC(C(=O)Nc2ccc3c(c2)OCCO3)CN1. The molecule has 6 heteroatoms. The summed E-state index contributed by atoms with van der Waals surface area (Å²) in [5.41, 5.74) is 0.722. The van der Waals surface area contributed by atoms with E-state index in [4.69, 9.17) is 9.47 Å². The fourth-order valence-electron chi connectivity index (χ4n) is 2.32. The van der Waals surface area contributed by atoms with Gasteiger partial charge in [0.05, 0.1) is 6.04 Å². The molecule has 2 unspecified atom stereocenters. The number of hydrogen-bond acceptors (Lipinski definition) is 5. The molecule has 2 atom stereocenters. The van der Waals surface area contributed by atoms with Crippen LogP contribution in [0.25, 0.3) is 0 Å². The first kappa shape index (κ1) is 13.2. The van der Waals surface area contributed by atoms with E-state index in [1.54, 1.807) is 6.07 Å². The smallest absolute Gasteiger partial charge is 0.242 e. The number of benzene rings is 1. The molecule has 1 fully saturated rings. The lowest BCUT2D eigenvalue weighted by atomic mass is 10.1. The second-order valence-corrected chi connectivity index (χ2v) is 5.12. The molecule has 20 heavy (non-hydrogen) atoms. The molecular weight excluding hydrogens is 258 g/mol. The molecule has 0 radical (unpaired) electrons. The van der Waals surface area contributed by atoms with Gasteiger partial charge in [0.25, 0.3) is 0 Å². The first-order chi connectivity index (χ1) is 9.72. The van der Waals surface area contributed by atoms with E-state index in [1.807, 2.05) is 12.1 Å². The molecule has 1 aromatic rings. The lowest BCUT2D eigenvalue weighted by Gasteiger charge is -2.28. The lowest BCUT2D eigenvalue weighted by molar-refractivity contribution is -0.118. The Hall–Kier alpha value is -1.79. The van der Waals surface area contributed by atoms with Gasteiger partial charge < -0.3 is 25.4 Å². The quantitative estimate of drug-likeness (QED) is 0.727. The normalized spacial score (nSPS) is 25.1. The molecule has 0 bridgehead atoms. The molecule has 0 aromatic heterocycles. The molecular formula is C14H19N3O3. The van der Waals surface area contributed by atoms with Gasteiger partial charge in [-0.2, -0.15) is 0 Å². The van der Waals surface area contributed by atoms with Crippen molar-refractivity contribution < 1.29 is 14.3 Å². The Morgan fingerprint density at radius 1 is 1.20 bits per heavy atom. The fourth-order valence-corrected chi connectivity index (χ4v) is 2.32. The van der Waals surface area contributed by atoms with E-state index in [-0.39, 0.29) is 11.9 Å². The van der Waals surface area contributed by atoms with Crippen molar-refractivity contribution in [2.45, 2.75) is 19.0 Å². The van der Waals surface area contributed by atoms with Crippen molar-refractivity contribution in [1.82, 2.24) is 10.6 Å². The second kappa shape index (κ2) is 5.68. The molecule has 2 aliphatic rings. The summed E-state index contributed by atoms with van der Waals surface area (Å²) in [4.78, 5) is 12.2. The number of rotatable bonds is 2. The van der Waals surface area contributed by atoms with E-state index >= 15 is 0 Å². The number of nitrogens with one attached hydrogen (secondary N) is 3. The monoisotopic (exact) mass is 277 g/mol. The predicted octanol–water partition coefficient (Wildman–Crippen LogP) is 0.346. The minimum Gasteiger partial charge on any atom is -0.486 e. The van der Waals surface area contributed by atoms with Gasteiger partial charge in [0.15, 0.2) is 11.5 Å². The number of fused-ring (bicyclic) bond motifs is 1. The predicted molar refractivity (Wildman–Crippen MR) is 75.3 cm³/mol. The van der Waals surface area contributed by atoms with Crippen LogP contribution in [0.5, 0.6) is 11.5 Å². The molecule has 1 aromatic carbocycles. The highest BCUT2D eigenvalue weighted by atomic mass is 16.6. The van der Waals surface area contributed by atoms with Crippen LogP contribution in [0.1, 0.15) is 6.92 Å². The average molecular weight is 277 g/mol. The second-order valence-electron chi connectivity index (χ2n) is 5.12. The Bertz CT molecular complexity index is 498. The number of hydrogen-bond donors (Lipinski definition) is 3. The van der Waals surface area contributed by atoms with Gasteiger partial charge >= 0.3 is 0 Å². The summed E-state index contributed by atoms with van der Waals surface area (Å²) in [6.07, 6.45) is 0. The van der Waals surface area contributed by atoms with E-state index in [9.17, 15) is 4.79 Å². The maximum absolute atomic E-state index is 12.2. The van der Waals surface area contributed by atoms with Crippen molar-refractivity contribution in [3.63, 3.8) is 0 Å². The van der Waals surface area contributed by atoms with Crippen LogP contribution in [0.2, 0.25) is 0 Å². The Morgan fingerprint density at radius 2 is 2.00 bits per heavy atom. The fraction of sp³-hybridized carbons (Fsp3) is 0.500. The van der Waals surface area contributed by atoms with Gasteiger partial charge in [-0.15, -0.1) is 0 Å². The first-order valence-corrected chi connectivity index (χ1v) is 6.89. The van der Waals surface area contributed by atoms with Crippen LogP contribution >= 0.6 is 0 Å².